The van der Waals surface area contributed by atoms with E-state index < -0.39 is 0 Å². The van der Waals surface area contributed by atoms with Gasteiger partial charge in [-0.05, 0) is 42.7 Å². The van der Waals surface area contributed by atoms with E-state index in [-0.39, 0.29) is 37.5 Å². The van der Waals surface area contributed by atoms with Crippen molar-refractivity contribution in [2.75, 3.05) is 19.9 Å². The SMILES string of the molecule is O=C(CCN1C(=O)c2ccccc2C1=O)NCCCc1ccc2c(c1)OCO2. The molecule has 0 bridgehead atoms. The van der Waals surface area contributed by atoms with Crippen molar-refractivity contribution in [2.45, 2.75) is 19.3 Å². The monoisotopic (exact) mass is 380 g/mol. The molecular weight excluding hydrogens is 360 g/mol. The highest BCUT2D eigenvalue weighted by atomic mass is 16.7. The fourth-order valence-electron chi connectivity index (χ4n) is 3.36. The lowest BCUT2D eigenvalue weighted by atomic mass is 10.1. The van der Waals surface area contributed by atoms with Crippen LogP contribution in [0.3, 0.4) is 0 Å². The van der Waals surface area contributed by atoms with E-state index in [2.05, 4.69) is 5.32 Å². The first kappa shape index (κ1) is 18.0. The van der Waals surface area contributed by atoms with Crippen molar-refractivity contribution in [1.29, 1.82) is 0 Å². The second kappa shape index (κ2) is 7.72. The third-order valence-electron chi connectivity index (χ3n) is 4.84. The minimum absolute atomic E-state index is 0.0837. The molecule has 0 unspecified atom stereocenters. The van der Waals surface area contributed by atoms with Crippen LogP contribution in [0.4, 0.5) is 0 Å². The minimum atomic E-state index is -0.337. The van der Waals surface area contributed by atoms with Crippen LogP contribution in [-0.4, -0.2) is 42.5 Å². The Morgan fingerprint density at radius 3 is 2.46 bits per heavy atom. The summed E-state index contributed by atoms with van der Waals surface area (Å²) in [7, 11) is 0. The molecule has 0 aromatic heterocycles. The van der Waals surface area contributed by atoms with Gasteiger partial charge in [-0.25, -0.2) is 0 Å². The normalized spacial score (nSPS) is 14.4. The zero-order chi connectivity index (χ0) is 19.5. The Kier molecular flexibility index (Phi) is 4.97. The predicted octanol–water partition coefficient (Wildman–Crippen LogP) is 2.15. The second-order valence-electron chi connectivity index (χ2n) is 6.70. The molecule has 1 N–H and O–H groups in total. The van der Waals surface area contributed by atoms with E-state index in [1.54, 1.807) is 24.3 Å². The number of aryl methyl sites for hydroxylation is 1. The van der Waals surface area contributed by atoms with Crippen molar-refractivity contribution in [3.8, 4) is 11.5 Å². The Morgan fingerprint density at radius 1 is 1.00 bits per heavy atom. The average molecular weight is 380 g/mol. The Hall–Kier alpha value is -3.35. The highest BCUT2D eigenvalue weighted by Crippen LogP contribution is 2.32. The van der Waals surface area contributed by atoms with Crippen LogP contribution in [0.25, 0.3) is 0 Å². The second-order valence-corrected chi connectivity index (χ2v) is 6.70. The summed E-state index contributed by atoms with van der Waals surface area (Å²) >= 11 is 0. The molecule has 2 aromatic rings. The van der Waals surface area contributed by atoms with E-state index in [0.717, 1.165) is 34.8 Å². The van der Waals surface area contributed by atoms with E-state index in [0.29, 0.717) is 17.7 Å². The number of hydrogen-bond donors (Lipinski definition) is 1. The van der Waals surface area contributed by atoms with Crippen molar-refractivity contribution in [3.05, 3.63) is 59.2 Å². The molecule has 2 aliphatic rings. The van der Waals surface area contributed by atoms with E-state index in [4.69, 9.17) is 9.47 Å². The molecule has 3 amide bonds. The van der Waals surface area contributed by atoms with Crippen molar-refractivity contribution in [3.63, 3.8) is 0 Å². The van der Waals surface area contributed by atoms with Gasteiger partial charge < -0.3 is 14.8 Å². The molecule has 144 valence electrons. The van der Waals surface area contributed by atoms with Crippen LogP contribution in [0.15, 0.2) is 42.5 Å². The molecule has 7 nitrogen and oxygen atoms in total. The molecule has 2 aliphatic heterocycles. The van der Waals surface area contributed by atoms with Crippen LogP contribution in [0.2, 0.25) is 0 Å². The van der Waals surface area contributed by atoms with Gasteiger partial charge in [0.25, 0.3) is 11.8 Å². The van der Waals surface area contributed by atoms with Gasteiger partial charge in [0.2, 0.25) is 12.7 Å². The summed E-state index contributed by atoms with van der Waals surface area (Å²) in [4.78, 5) is 37.7. The van der Waals surface area contributed by atoms with E-state index >= 15 is 0 Å². The predicted molar refractivity (Wildman–Crippen MR) is 100 cm³/mol. The highest BCUT2D eigenvalue weighted by molar-refractivity contribution is 6.21. The number of rotatable bonds is 7. The fraction of sp³-hybridized carbons (Fsp3) is 0.286. The van der Waals surface area contributed by atoms with Gasteiger partial charge in [-0.2, -0.15) is 0 Å². The molecule has 0 fully saturated rings. The summed E-state index contributed by atoms with van der Waals surface area (Å²) < 4.78 is 10.6. The molecule has 0 saturated carbocycles. The van der Waals surface area contributed by atoms with Gasteiger partial charge >= 0.3 is 0 Å². The first-order chi connectivity index (χ1) is 13.6. The number of carbonyl (C=O) groups excluding carboxylic acids is 3. The number of hydrogen-bond acceptors (Lipinski definition) is 5. The molecule has 0 aliphatic carbocycles. The van der Waals surface area contributed by atoms with Crippen molar-refractivity contribution < 1.29 is 23.9 Å². The van der Waals surface area contributed by atoms with Crippen LogP contribution in [0, 0.1) is 0 Å². The number of ether oxygens (including phenoxy) is 2. The van der Waals surface area contributed by atoms with Crippen LogP contribution in [0.5, 0.6) is 11.5 Å². The summed E-state index contributed by atoms with van der Waals surface area (Å²) in [6.07, 6.45) is 1.67. The number of imide groups is 1. The first-order valence-corrected chi connectivity index (χ1v) is 9.24. The molecule has 2 aromatic carbocycles. The zero-order valence-corrected chi connectivity index (χ0v) is 15.3. The standard InChI is InChI=1S/C21H20N2O5/c24-19(9-11-23-20(25)15-5-1-2-6-16(15)21(23)26)22-10-3-4-14-7-8-17-18(12-14)28-13-27-17/h1-2,5-8,12H,3-4,9-11,13H2,(H,22,24). The summed E-state index contributed by atoms with van der Waals surface area (Å²) in [5, 5.41) is 2.84. The minimum Gasteiger partial charge on any atom is -0.454 e. The number of nitrogens with one attached hydrogen (secondary N) is 1. The van der Waals surface area contributed by atoms with Gasteiger partial charge in [-0.1, -0.05) is 18.2 Å². The molecule has 0 atom stereocenters. The number of nitrogens with zero attached hydrogens (tertiary/aromatic N) is 1. The van der Waals surface area contributed by atoms with Gasteiger partial charge in [-0.15, -0.1) is 0 Å². The lowest BCUT2D eigenvalue weighted by Gasteiger charge is -2.13. The van der Waals surface area contributed by atoms with E-state index in [1.807, 2.05) is 18.2 Å². The Morgan fingerprint density at radius 2 is 1.71 bits per heavy atom. The van der Waals surface area contributed by atoms with Crippen LogP contribution in [-0.2, 0) is 11.2 Å². The highest BCUT2D eigenvalue weighted by Gasteiger charge is 2.34. The fourth-order valence-corrected chi connectivity index (χ4v) is 3.36. The maximum absolute atomic E-state index is 12.3. The molecule has 0 saturated heterocycles. The lowest BCUT2D eigenvalue weighted by molar-refractivity contribution is -0.121. The maximum Gasteiger partial charge on any atom is 0.261 e. The van der Waals surface area contributed by atoms with Gasteiger partial charge in [-0.3, -0.25) is 19.3 Å². The Labute approximate surface area is 162 Å². The largest absolute Gasteiger partial charge is 0.454 e. The van der Waals surface area contributed by atoms with E-state index in [1.165, 1.54) is 0 Å². The third-order valence-corrected chi connectivity index (χ3v) is 4.84. The maximum atomic E-state index is 12.3. The van der Waals surface area contributed by atoms with Crippen LogP contribution < -0.4 is 14.8 Å². The number of benzene rings is 2. The van der Waals surface area contributed by atoms with Gasteiger partial charge in [0.15, 0.2) is 11.5 Å². The van der Waals surface area contributed by atoms with Crippen molar-refractivity contribution in [2.24, 2.45) is 0 Å². The van der Waals surface area contributed by atoms with Crippen molar-refractivity contribution >= 4 is 17.7 Å². The lowest BCUT2D eigenvalue weighted by Crippen LogP contribution is -2.34. The third kappa shape index (κ3) is 3.55. The zero-order valence-electron chi connectivity index (χ0n) is 15.3. The topological polar surface area (TPSA) is 84.9 Å². The molecule has 0 spiro atoms. The number of amides is 3. The summed E-state index contributed by atoms with van der Waals surface area (Å²) in [6.45, 7) is 0.859. The molecule has 2 heterocycles. The Bertz CT molecular complexity index is 905. The quantitative estimate of drug-likeness (QED) is 0.588. The molecule has 0 radical (unpaired) electrons. The molecule has 7 heteroatoms. The average Bonchev–Trinajstić information content (AvgIpc) is 3.27. The summed E-state index contributed by atoms with van der Waals surface area (Å²) in [5.41, 5.74) is 1.91. The number of fused-ring (bicyclic) bond motifs is 2. The summed E-state index contributed by atoms with van der Waals surface area (Å²) in [5.74, 6) is 0.655. The molecule has 4 rings (SSSR count). The molecule has 28 heavy (non-hydrogen) atoms. The summed E-state index contributed by atoms with van der Waals surface area (Å²) in [6, 6.07) is 12.5. The van der Waals surface area contributed by atoms with Gasteiger partial charge in [0.05, 0.1) is 11.1 Å². The molecular formula is C21H20N2O5. The van der Waals surface area contributed by atoms with E-state index in [9.17, 15) is 14.4 Å². The Balaban J connectivity index is 1.19. The smallest absolute Gasteiger partial charge is 0.261 e. The number of carbonyl (C=O) groups is 3. The van der Waals surface area contributed by atoms with Crippen LogP contribution >= 0.6 is 0 Å². The van der Waals surface area contributed by atoms with Crippen molar-refractivity contribution in [1.82, 2.24) is 10.2 Å². The van der Waals surface area contributed by atoms with Gasteiger partial charge in [0.1, 0.15) is 0 Å². The van der Waals surface area contributed by atoms with Gasteiger partial charge in [0, 0.05) is 19.5 Å². The first-order valence-electron chi connectivity index (χ1n) is 9.24. The van der Waals surface area contributed by atoms with Crippen LogP contribution in [0.1, 0.15) is 39.1 Å².